The first-order valence-electron chi connectivity index (χ1n) is 6.20. The van der Waals surface area contributed by atoms with E-state index in [1.165, 1.54) is 6.20 Å². The zero-order valence-corrected chi connectivity index (χ0v) is 11.3. The Hall–Kier alpha value is -2.63. The van der Waals surface area contributed by atoms with Crippen molar-refractivity contribution in [1.82, 2.24) is 10.2 Å². The first kappa shape index (κ1) is 13.8. The number of ether oxygens (including phenoxy) is 1. The van der Waals surface area contributed by atoms with Crippen molar-refractivity contribution in [3.05, 3.63) is 47.7 Å². The van der Waals surface area contributed by atoms with Crippen LogP contribution in [0.15, 0.2) is 41.7 Å². The van der Waals surface area contributed by atoms with Crippen LogP contribution in [0.2, 0.25) is 0 Å². The number of aromatic nitrogens is 2. The molecule has 1 aromatic heterocycles. The summed E-state index contributed by atoms with van der Waals surface area (Å²) in [4.78, 5) is 0. The first-order valence-corrected chi connectivity index (χ1v) is 6.20. The van der Waals surface area contributed by atoms with Gasteiger partial charge >= 0.3 is 0 Å². The fraction of sp³-hybridized carbons (Fsp3) is 0.214. The highest BCUT2D eigenvalue weighted by atomic mass is 16.5. The summed E-state index contributed by atoms with van der Waals surface area (Å²) in [7, 11) is 0. The molecular formula is C14H16N4O2. The van der Waals surface area contributed by atoms with Crippen molar-refractivity contribution in [3.63, 3.8) is 0 Å². The van der Waals surface area contributed by atoms with E-state index in [1.807, 2.05) is 24.3 Å². The van der Waals surface area contributed by atoms with Crippen LogP contribution in [-0.4, -0.2) is 21.2 Å². The van der Waals surface area contributed by atoms with E-state index in [0.717, 1.165) is 5.56 Å². The van der Waals surface area contributed by atoms with Crippen molar-refractivity contribution >= 4 is 5.84 Å². The van der Waals surface area contributed by atoms with Crippen molar-refractivity contribution in [2.45, 2.75) is 19.8 Å². The number of hydrogen-bond acceptors (Lipinski definition) is 5. The van der Waals surface area contributed by atoms with E-state index in [1.54, 1.807) is 6.07 Å². The molecule has 20 heavy (non-hydrogen) atoms. The Labute approximate surface area is 116 Å². The molecular weight excluding hydrogens is 256 g/mol. The lowest BCUT2D eigenvalue weighted by molar-refractivity contribution is 0.318. The topological polar surface area (TPSA) is 93.6 Å². The molecule has 1 heterocycles. The molecule has 3 N–H and O–H groups in total. The van der Waals surface area contributed by atoms with E-state index in [4.69, 9.17) is 15.7 Å². The standard InChI is InChI=1S/C14H16N4O2/c1-9(2)10-5-3-4-6-12(10)20-14-11(13(15)18-19)7-8-16-17-14/h3-9,19H,1-2H3,(H2,15,18). The van der Waals surface area contributed by atoms with Gasteiger partial charge in [-0.3, -0.25) is 0 Å². The van der Waals surface area contributed by atoms with Crippen LogP contribution in [0.25, 0.3) is 0 Å². The Morgan fingerprint density at radius 2 is 2.05 bits per heavy atom. The molecule has 104 valence electrons. The molecule has 0 spiro atoms. The van der Waals surface area contributed by atoms with E-state index >= 15 is 0 Å². The smallest absolute Gasteiger partial charge is 0.250 e. The Bertz CT molecular complexity index is 626. The zero-order chi connectivity index (χ0) is 14.5. The largest absolute Gasteiger partial charge is 0.437 e. The average Bonchev–Trinajstić information content (AvgIpc) is 2.47. The third kappa shape index (κ3) is 2.85. The Morgan fingerprint density at radius 1 is 1.30 bits per heavy atom. The number of nitrogens with zero attached hydrogens (tertiary/aromatic N) is 3. The highest BCUT2D eigenvalue weighted by Gasteiger charge is 2.14. The van der Waals surface area contributed by atoms with Crippen molar-refractivity contribution in [3.8, 4) is 11.6 Å². The summed E-state index contributed by atoms with van der Waals surface area (Å²) >= 11 is 0. The second-order valence-corrected chi connectivity index (χ2v) is 4.53. The van der Waals surface area contributed by atoms with Crippen LogP contribution in [0.5, 0.6) is 11.6 Å². The molecule has 0 amide bonds. The Morgan fingerprint density at radius 3 is 2.75 bits per heavy atom. The molecule has 0 aliphatic carbocycles. The summed E-state index contributed by atoms with van der Waals surface area (Å²) < 4.78 is 5.78. The summed E-state index contributed by atoms with van der Waals surface area (Å²) in [5.41, 5.74) is 7.03. The summed E-state index contributed by atoms with van der Waals surface area (Å²) in [6, 6.07) is 9.24. The predicted molar refractivity (Wildman–Crippen MR) is 75.1 cm³/mol. The molecule has 6 heteroatoms. The zero-order valence-electron chi connectivity index (χ0n) is 11.3. The normalized spacial score (nSPS) is 11.7. The van der Waals surface area contributed by atoms with E-state index in [0.29, 0.717) is 17.2 Å². The van der Waals surface area contributed by atoms with Crippen LogP contribution in [0.1, 0.15) is 30.9 Å². The highest BCUT2D eigenvalue weighted by Crippen LogP contribution is 2.30. The average molecular weight is 272 g/mol. The molecule has 0 fully saturated rings. The molecule has 0 saturated heterocycles. The van der Waals surface area contributed by atoms with Crippen LogP contribution >= 0.6 is 0 Å². The summed E-state index contributed by atoms with van der Waals surface area (Å²) in [5, 5.41) is 19.4. The third-order valence-corrected chi connectivity index (χ3v) is 2.82. The molecule has 2 aromatic rings. The van der Waals surface area contributed by atoms with Crippen molar-refractivity contribution in [1.29, 1.82) is 0 Å². The van der Waals surface area contributed by atoms with Crippen LogP contribution in [0.3, 0.4) is 0 Å². The summed E-state index contributed by atoms with van der Waals surface area (Å²) in [5.74, 6) is 1.11. The highest BCUT2D eigenvalue weighted by molar-refractivity contribution is 5.98. The van der Waals surface area contributed by atoms with Gasteiger partial charge in [0.1, 0.15) is 5.75 Å². The number of nitrogens with two attached hydrogens (primary N) is 1. The maximum atomic E-state index is 8.78. The number of rotatable bonds is 4. The van der Waals surface area contributed by atoms with Gasteiger partial charge < -0.3 is 15.7 Å². The number of hydrogen-bond donors (Lipinski definition) is 2. The van der Waals surface area contributed by atoms with Gasteiger partial charge in [-0.05, 0) is 23.6 Å². The maximum Gasteiger partial charge on any atom is 0.250 e. The van der Waals surface area contributed by atoms with Gasteiger partial charge in [-0.25, -0.2) is 0 Å². The van der Waals surface area contributed by atoms with E-state index in [9.17, 15) is 0 Å². The SMILES string of the molecule is CC(C)c1ccccc1Oc1nnccc1/C(N)=N/O. The molecule has 6 nitrogen and oxygen atoms in total. The fourth-order valence-corrected chi connectivity index (χ4v) is 1.80. The van der Waals surface area contributed by atoms with Gasteiger partial charge in [0.05, 0.1) is 11.8 Å². The quantitative estimate of drug-likeness (QED) is 0.386. The van der Waals surface area contributed by atoms with Crippen molar-refractivity contribution in [2.24, 2.45) is 10.9 Å². The van der Waals surface area contributed by atoms with Crippen molar-refractivity contribution in [2.75, 3.05) is 0 Å². The Balaban J connectivity index is 2.41. The van der Waals surface area contributed by atoms with Crippen LogP contribution in [0, 0.1) is 0 Å². The molecule has 0 atom stereocenters. The lowest BCUT2D eigenvalue weighted by Crippen LogP contribution is -2.15. The van der Waals surface area contributed by atoms with Gasteiger partial charge in [0, 0.05) is 0 Å². The van der Waals surface area contributed by atoms with Gasteiger partial charge in [0.2, 0.25) is 5.88 Å². The number of para-hydroxylation sites is 1. The predicted octanol–water partition coefficient (Wildman–Crippen LogP) is 2.49. The minimum absolute atomic E-state index is 0.0723. The number of amidine groups is 1. The number of oxime groups is 1. The minimum Gasteiger partial charge on any atom is -0.437 e. The van der Waals surface area contributed by atoms with Crippen LogP contribution < -0.4 is 10.5 Å². The fourth-order valence-electron chi connectivity index (χ4n) is 1.80. The van der Waals surface area contributed by atoms with E-state index in [2.05, 4.69) is 29.2 Å². The van der Waals surface area contributed by atoms with Gasteiger partial charge in [-0.15, -0.1) is 5.10 Å². The molecule has 0 radical (unpaired) electrons. The minimum atomic E-state index is -0.0723. The molecule has 2 rings (SSSR count). The molecule has 0 saturated carbocycles. The molecule has 0 aliphatic heterocycles. The molecule has 0 unspecified atom stereocenters. The van der Waals surface area contributed by atoms with Gasteiger partial charge in [0.15, 0.2) is 5.84 Å². The lowest BCUT2D eigenvalue weighted by atomic mass is 10.0. The summed E-state index contributed by atoms with van der Waals surface area (Å²) in [6.07, 6.45) is 1.45. The van der Waals surface area contributed by atoms with E-state index in [-0.39, 0.29) is 11.7 Å². The molecule has 1 aromatic carbocycles. The van der Waals surface area contributed by atoms with Gasteiger partial charge in [0.25, 0.3) is 0 Å². The van der Waals surface area contributed by atoms with Gasteiger partial charge in [-0.2, -0.15) is 5.10 Å². The Kier molecular flexibility index (Phi) is 4.14. The molecule has 0 bridgehead atoms. The van der Waals surface area contributed by atoms with E-state index < -0.39 is 0 Å². The molecule has 0 aliphatic rings. The second kappa shape index (κ2) is 6.01. The van der Waals surface area contributed by atoms with Crippen LogP contribution in [-0.2, 0) is 0 Å². The van der Waals surface area contributed by atoms with Crippen molar-refractivity contribution < 1.29 is 9.94 Å². The van der Waals surface area contributed by atoms with Gasteiger partial charge in [-0.1, -0.05) is 37.2 Å². The first-order chi connectivity index (χ1) is 9.63. The lowest BCUT2D eigenvalue weighted by Gasteiger charge is -2.14. The maximum absolute atomic E-state index is 8.78. The monoisotopic (exact) mass is 272 g/mol. The van der Waals surface area contributed by atoms with Crippen LogP contribution in [0.4, 0.5) is 0 Å². The summed E-state index contributed by atoms with van der Waals surface area (Å²) in [6.45, 7) is 4.15. The number of benzene rings is 1. The second-order valence-electron chi connectivity index (χ2n) is 4.53. The third-order valence-electron chi connectivity index (χ3n) is 2.82.